The van der Waals surface area contributed by atoms with Crippen LogP contribution in [0.2, 0.25) is 0 Å². The summed E-state index contributed by atoms with van der Waals surface area (Å²) in [7, 11) is 0. The van der Waals surface area contributed by atoms with Gasteiger partial charge in [0, 0.05) is 18.2 Å². The zero-order chi connectivity index (χ0) is 19.8. The van der Waals surface area contributed by atoms with Gasteiger partial charge in [-0.1, -0.05) is 42.5 Å². The van der Waals surface area contributed by atoms with Gasteiger partial charge in [0.25, 0.3) is 5.91 Å². The van der Waals surface area contributed by atoms with Crippen LogP contribution in [0.4, 0.5) is 0 Å². The standard InChI is InChI=1S/C22H20N4O2S/c27-21(18-8-3-6-15-5-1-2-7-17(15)18)23-12-13-25-22(28)26(16-10-11-16)20(24-25)19-9-4-14-29-19/h1-9,14,16H,10-13H2,(H,23,27). The lowest BCUT2D eigenvalue weighted by Gasteiger charge is -2.08. The Bertz CT molecular complexity index is 1230. The average molecular weight is 404 g/mol. The number of hydrogen-bond acceptors (Lipinski definition) is 4. The van der Waals surface area contributed by atoms with Crippen LogP contribution in [-0.2, 0) is 6.54 Å². The van der Waals surface area contributed by atoms with E-state index in [0.717, 1.165) is 34.3 Å². The second-order valence-corrected chi connectivity index (χ2v) is 8.14. The number of amides is 1. The largest absolute Gasteiger partial charge is 0.350 e. The molecule has 0 aliphatic heterocycles. The van der Waals surface area contributed by atoms with E-state index in [1.807, 2.05) is 60.0 Å². The first-order valence-electron chi connectivity index (χ1n) is 9.71. The van der Waals surface area contributed by atoms with Crippen molar-refractivity contribution in [3.63, 3.8) is 0 Å². The van der Waals surface area contributed by atoms with E-state index in [4.69, 9.17) is 0 Å². The number of hydrogen-bond donors (Lipinski definition) is 1. The van der Waals surface area contributed by atoms with Crippen LogP contribution in [0, 0.1) is 0 Å². The highest BCUT2D eigenvalue weighted by Crippen LogP contribution is 2.37. The number of thiophene rings is 1. The van der Waals surface area contributed by atoms with Crippen LogP contribution in [0.15, 0.2) is 64.8 Å². The monoisotopic (exact) mass is 404 g/mol. The summed E-state index contributed by atoms with van der Waals surface area (Å²) in [5.41, 5.74) is 0.536. The fourth-order valence-corrected chi connectivity index (χ4v) is 4.30. The molecule has 1 N–H and O–H groups in total. The second-order valence-electron chi connectivity index (χ2n) is 7.19. The summed E-state index contributed by atoms with van der Waals surface area (Å²) in [5.74, 6) is 0.586. The van der Waals surface area contributed by atoms with E-state index in [9.17, 15) is 9.59 Å². The maximum absolute atomic E-state index is 12.8. The third kappa shape index (κ3) is 3.38. The Morgan fingerprint density at radius 1 is 1.10 bits per heavy atom. The lowest BCUT2D eigenvalue weighted by atomic mass is 10.0. The Kier molecular flexibility index (Phi) is 4.52. The van der Waals surface area contributed by atoms with Crippen LogP contribution in [-0.4, -0.2) is 26.8 Å². The van der Waals surface area contributed by atoms with E-state index >= 15 is 0 Å². The second kappa shape index (κ2) is 7.33. The van der Waals surface area contributed by atoms with Gasteiger partial charge in [-0.25, -0.2) is 9.48 Å². The van der Waals surface area contributed by atoms with Gasteiger partial charge >= 0.3 is 5.69 Å². The van der Waals surface area contributed by atoms with E-state index in [0.29, 0.717) is 18.7 Å². The fraction of sp³-hybridized carbons (Fsp3) is 0.227. The summed E-state index contributed by atoms with van der Waals surface area (Å²) < 4.78 is 3.27. The van der Waals surface area contributed by atoms with Crippen LogP contribution in [0.3, 0.4) is 0 Å². The Balaban J connectivity index is 1.34. The van der Waals surface area contributed by atoms with Crippen molar-refractivity contribution in [2.45, 2.75) is 25.4 Å². The molecular weight excluding hydrogens is 384 g/mol. The highest BCUT2D eigenvalue weighted by atomic mass is 32.1. The Morgan fingerprint density at radius 2 is 1.93 bits per heavy atom. The molecule has 4 aromatic rings. The van der Waals surface area contributed by atoms with Gasteiger partial charge in [0.1, 0.15) is 0 Å². The zero-order valence-corrected chi connectivity index (χ0v) is 16.6. The highest BCUT2D eigenvalue weighted by Gasteiger charge is 2.30. The number of carbonyl (C=O) groups is 1. The minimum Gasteiger partial charge on any atom is -0.350 e. The number of aromatic nitrogens is 3. The van der Waals surface area contributed by atoms with Crippen molar-refractivity contribution < 1.29 is 4.79 Å². The van der Waals surface area contributed by atoms with Crippen LogP contribution in [0.25, 0.3) is 21.5 Å². The van der Waals surface area contributed by atoms with Crippen LogP contribution < -0.4 is 11.0 Å². The van der Waals surface area contributed by atoms with Crippen molar-refractivity contribution in [2.75, 3.05) is 6.54 Å². The summed E-state index contributed by atoms with van der Waals surface area (Å²) in [4.78, 5) is 26.5. The quantitative estimate of drug-likeness (QED) is 0.533. The zero-order valence-electron chi connectivity index (χ0n) is 15.7. The molecule has 5 rings (SSSR count). The molecule has 0 bridgehead atoms. The molecule has 0 saturated heterocycles. The molecule has 2 aromatic carbocycles. The van der Waals surface area contributed by atoms with Gasteiger partial charge in [-0.05, 0) is 41.1 Å². The molecule has 1 aliphatic carbocycles. The van der Waals surface area contributed by atoms with Gasteiger partial charge in [0.05, 0.1) is 11.4 Å². The predicted octanol–water partition coefficient (Wildman–Crippen LogP) is 3.69. The first-order chi connectivity index (χ1) is 14.2. The van der Waals surface area contributed by atoms with Crippen LogP contribution in [0.1, 0.15) is 29.2 Å². The van der Waals surface area contributed by atoms with Gasteiger partial charge in [-0.3, -0.25) is 9.36 Å². The third-order valence-electron chi connectivity index (χ3n) is 5.17. The highest BCUT2D eigenvalue weighted by molar-refractivity contribution is 7.13. The van der Waals surface area contributed by atoms with Gasteiger partial charge < -0.3 is 5.32 Å². The lowest BCUT2D eigenvalue weighted by molar-refractivity contribution is 0.0953. The molecule has 146 valence electrons. The van der Waals surface area contributed by atoms with E-state index in [1.165, 1.54) is 4.68 Å². The molecule has 0 radical (unpaired) electrons. The van der Waals surface area contributed by atoms with E-state index in [-0.39, 0.29) is 17.6 Å². The molecule has 2 aromatic heterocycles. The third-order valence-corrected chi connectivity index (χ3v) is 6.03. The molecule has 0 spiro atoms. The molecule has 1 aliphatic rings. The molecule has 1 saturated carbocycles. The minimum atomic E-state index is -0.144. The number of benzene rings is 2. The van der Waals surface area contributed by atoms with Gasteiger partial charge in [0.2, 0.25) is 0 Å². The van der Waals surface area contributed by atoms with Gasteiger partial charge in [-0.2, -0.15) is 0 Å². The molecule has 7 heteroatoms. The Morgan fingerprint density at radius 3 is 2.72 bits per heavy atom. The molecule has 0 unspecified atom stereocenters. The number of fused-ring (bicyclic) bond motifs is 1. The van der Waals surface area contributed by atoms with E-state index in [2.05, 4.69) is 10.4 Å². The van der Waals surface area contributed by atoms with Gasteiger partial charge in [0.15, 0.2) is 5.82 Å². The molecule has 6 nitrogen and oxygen atoms in total. The molecule has 1 fully saturated rings. The van der Waals surface area contributed by atoms with E-state index < -0.39 is 0 Å². The first-order valence-corrected chi connectivity index (χ1v) is 10.6. The molecular formula is C22H20N4O2S. The summed E-state index contributed by atoms with van der Waals surface area (Å²) >= 11 is 1.58. The summed E-state index contributed by atoms with van der Waals surface area (Å²) in [6, 6.07) is 17.7. The SMILES string of the molecule is O=C(NCCn1nc(-c2cccs2)n(C2CC2)c1=O)c1cccc2ccccc12. The summed E-state index contributed by atoms with van der Waals surface area (Å²) in [5, 5.41) is 11.4. The summed E-state index contributed by atoms with van der Waals surface area (Å²) in [6.45, 7) is 0.682. The van der Waals surface area contributed by atoms with Crippen molar-refractivity contribution in [1.82, 2.24) is 19.7 Å². The molecule has 29 heavy (non-hydrogen) atoms. The van der Waals surface area contributed by atoms with Crippen molar-refractivity contribution >= 4 is 28.0 Å². The maximum atomic E-state index is 12.8. The number of nitrogens with zero attached hydrogens (tertiary/aromatic N) is 3. The summed E-state index contributed by atoms with van der Waals surface area (Å²) in [6.07, 6.45) is 2.03. The Hall–Kier alpha value is -3.19. The smallest absolute Gasteiger partial charge is 0.346 e. The number of nitrogens with one attached hydrogen (secondary N) is 1. The van der Waals surface area contributed by atoms with Gasteiger partial charge in [-0.15, -0.1) is 16.4 Å². The first kappa shape index (κ1) is 17.9. The lowest BCUT2D eigenvalue weighted by Crippen LogP contribution is -2.32. The number of rotatable bonds is 6. The van der Waals surface area contributed by atoms with E-state index in [1.54, 1.807) is 15.9 Å². The molecule has 1 amide bonds. The van der Waals surface area contributed by atoms with Crippen molar-refractivity contribution in [1.29, 1.82) is 0 Å². The van der Waals surface area contributed by atoms with Crippen molar-refractivity contribution in [3.05, 3.63) is 76.0 Å². The van der Waals surface area contributed by atoms with Crippen LogP contribution in [0.5, 0.6) is 0 Å². The fourth-order valence-electron chi connectivity index (χ4n) is 3.60. The average Bonchev–Trinajstić information content (AvgIpc) is 3.32. The normalized spacial score (nSPS) is 13.7. The number of carbonyl (C=O) groups excluding carboxylic acids is 1. The molecule has 2 heterocycles. The van der Waals surface area contributed by atoms with Crippen molar-refractivity contribution in [2.24, 2.45) is 0 Å². The van der Waals surface area contributed by atoms with Crippen molar-refractivity contribution in [3.8, 4) is 10.7 Å². The van der Waals surface area contributed by atoms with Crippen LogP contribution >= 0.6 is 11.3 Å². The molecule has 0 atom stereocenters. The Labute approximate surface area is 171 Å². The minimum absolute atomic E-state index is 0.102. The maximum Gasteiger partial charge on any atom is 0.346 e. The topological polar surface area (TPSA) is 68.9 Å². The predicted molar refractivity (Wildman–Crippen MR) is 114 cm³/mol.